The lowest BCUT2D eigenvalue weighted by atomic mass is 9.89. The van der Waals surface area contributed by atoms with Crippen LogP contribution in [0.15, 0.2) is 72.8 Å². The smallest absolute Gasteiger partial charge is 0.217 e. The van der Waals surface area contributed by atoms with Crippen molar-refractivity contribution in [3.63, 3.8) is 0 Å². The Morgan fingerprint density at radius 3 is 2.46 bits per heavy atom. The van der Waals surface area contributed by atoms with Gasteiger partial charge in [0, 0.05) is 44.6 Å². The molecule has 0 bridgehead atoms. The first-order valence-electron chi connectivity index (χ1n) is 14.6. The van der Waals surface area contributed by atoms with Crippen LogP contribution in [0.1, 0.15) is 61.3 Å². The Labute approximate surface area is 243 Å². The second-order valence-corrected chi connectivity index (χ2v) is 11.3. The minimum atomic E-state index is -0.508. The van der Waals surface area contributed by atoms with Crippen LogP contribution in [0.25, 0.3) is 11.1 Å². The molecule has 2 aliphatic rings. The first-order chi connectivity index (χ1) is 20.0. The number of rotatable bonds is 10. The van der Waals surface area contributed by atoms with Gasteiger partial charge < -0.3 is 24.6 Å². The van der Waals surface area contributed by atoms with E-state index < -0.39 is 6.29 Å². The molecule has 3 aromatic carbocycles. The fourth-order valence-electron chi connectivity index (χ4n) is 6.07. The molecule has 7 nitrogen and oxygen atoms in total. The molecular weight excluding hydrogens is 516 g/mol. The highest BCUT2D eigenvalue weighted by Crippen LogP contribution is 2.42. The van der Waals surface area contributed by atoms with Crippen LogP contribution in [-0.4, -0.2) is 54.9 Å². The van der Waals surface area contributed by atoms with E-state index in [9.17, 15) is 9.90 Å². The predicted molar refractivity (Wildman–Crippen MR) is 159 cm³/mol. The van der Waals surface area contributed by atoms with Crippen LogP contribution in [0.3, 0.4) is 0 Å². The third-order valence-electron chi connectivity index (χ3n) is 8.43. The molecule has 7 heteroatoms. The van der Waals surface area contributed by atoms with Gasteiger partial charge in [-0.25, -0.2) is 0 Å². The fourth-order valence-corrected chi connectivity index (χ4v) is 6.07. The summed E-state index contributed by atoms with van der Waals surface area (Å²) >= 11 is 0. The molecule has 2 fully saturated rings. The first-order valence-corrected chi connectivity index (χ1v) is 14.6. The maximum atomic E-state index is 11.5. The summed E-state index contributed by atoms with van der Waals surface area (Å²) in [5.41, 5.74) is 6.17. The van der Waals surface area contributed by atoms with Crippen molar-refractivity contribution in [1.82, 2.24) is 10.2 Å². The fraction of sp³-hybridized carbons (Fsp3) is 0.441. The molecule has 218 valence electrons. The second-order valence-electron chi connectivity index (χ2n) is 11.3. The van der Waals surface area contributed by atoms with Gasteiger partial charge in [0.2, 0.25) is 5.91 Å². The lowest BCUT2D eigenvalue weighted by Gasteiger charge is -2.43. The van der Waals surface area contributed by atoms with Crippen molar-refractivity contribution in [2.75, 3.05) is 26.8 Å². The molecule has 41 heavy (non-hydrogen) atoms. The molecule has 2 saturated heterocycles. The molecule has 0 spiro atoms. The van der Waals surface area contributed by atoms with E-state index in [2.05, 4.69) is 59.6 Å². The maximum Gasteiger partial charge on any atom is 0.217 e. The Morgan fingerprint density at radius 2 is 1.76 bits per heavy atom. The maximum absolute atomic E-state index is 11.5. The summed E-state index contributed by atoms with van der Waals surface area (Å²) in [4.78, 5) is 14.0. The summed E-state index contributed by atoms with van der Waals surface area (Å²) in [5.74, 6) is 0.0866. The van der Waals surface area contributed by atoms with E-state index >= 15 is 0 Å². The minimum absolute atomic E-state index is 0.0197. The van der Waals surface area contributed by atoms with Crippen molar-refractivity contribution in [2.45, 2.75) is 64.4 Å². The van der Waals surface area contributed by atoms with Gasteiger partial charge in [-0.1, -0.05) is 79.7 Å². The van der Waals surface area contributed by atoms with Gasteiger partial charge in [0.05, 0.1) is 25.4 Å². The third kappa shape index (κ3) is 7.05. The number of likely N-dealkylation sites (tertiary alicyclic amines) is 1. The molecule has 3 aromatic rings. The van der Waals surface area contributed by atoms with E-state index in [0.29, 0.717) is 12.6 Å². The van der Waals surface area contributed by atoms with Gasteiger partial charge in [0.15, 0.2) is 6.29 Å². The molecule has 2 aliphatic heterocycles. The lowest BCUT2D eigenvalue weighted by molar-refractivity contribution is -0.276. The van der Waals surface area contributed by atoms with Crippen LogP contribution in [-0.2, 0) is 32.2 Å². The summed E-state index contributed by atoms with van der Waals surface area (Å²) in [6.45, 7) is 6.86. The van der Waals surface area contributed by atoms with Crippen LogP contribution in [0.4, 0.5) is 0 Å². The second kappa shape index (κ2) is 13.7. The zero-order valence-electron chi connectivity index (χ0n) is 24.3. The zero-order chi connectivity index (χ0) is 28.8. The van der Waals surface area contributed by atoms with Crippen molar-refractivity contribution in [3.8, 4) is 11.1 Å². The number of aliphatic hydroxyl groups is 1. The molecule has 0 unspecified atom stereocenters. The first kappa shape index (κ1) is 29.4. The van der Waals surface area contributed by atoms with Crippen molar-refractivity contribution in [1.29, 1.82) is 0 Å². The molecule has 2 heterocycles. The zero-order valence-corrected chi connectivity index (χ0v) is 24.3. The highest BCUT2D eigenvalue weighted by Gasteiger charge is 2.40. The van der Waals surface area contributed by atoms with Gasteiger partial charge >= 0.3 is 0 Å². The molecule has 0 radical (unpaired) electrons. The Hall–Kier alpha value is -3.07. The average Bonchev–Trinajstić information content (AvgIpc) is 3.44. The monoisotopic (exact) mass is 558 g/mol. The number of nitrogens with one attached hydrogen (secondary N) is 1. The highest BCUT2D eigenvalue weighted by atomic mass is 16.7. The van der Waals surface area contributed by atoms with Crippen LogP contribution in [0.2, 0.25) is 0 Å². The topological polar surface area (TPSA) is 80.3 Å². The number of hydrogen-bond donors (Lipinski definition) is 2. The molecule has 1 amide bonds. The quantitative estimate of drug-likeness (QED) is 0.348. The Balaban J connectivity index is 1.40. The SMILES string of the molecule is COC[C@@H]1CCCN1C[C@@H]1O[C@H](c2ccc(-c3ccccc3CNC(C)=O)cc2)O[C@H](c2ccc(CO)cc2)[C@@H]1C. The highest BCUT2D eigenvalue weighted by molar-refractivity contribution is 5.74. The van der Waals surface area contributed by atoms with Crippen LogP contribution < -0.4 is 5.32 Å². The molecule has 0 saturated carbocycles. The van der Waals surface area contributed by atoms with Crippen LogP contribution >= 0.6 is 0 Å². The number of amides is 1. The molecular formula is C34H42N2O5. The summed E-state index contributed by atoms with van der Waals surface area (Å²) in [5, 5.41) is 12.4. The van der Waals surface area contributed by atoms with Gasteiger partial charge in [-0.3, -0.25) is 9.69 Å². The number of nitrogens with zero attached hydrogens (tertiary/aromatic N) is 1. The van der Waals surface area contributed by atoms with Crippen LogP contribution in [0.5, 0.6) is 0 Å². The summed E-state index contributed by atoms with van der Waals surface area (Å²) in [7, 11) is 1.77. The number of aliphatic hydroxyl groups excluding tert-OH is 1. The van der Waals surface area contributed by atoms with Gasteiger partial charge in [-0.15, -0.1) is 0 Å². The lowest BCUT2D eigenvalue weighted by Crippen LogP contribution is -2.46. The van der Waals surface area contributed by atoms with Gasteiger partial charge in [-0.05, 0) is 47.2 Å². The van der Waals surface area contributed by atoms with Gasteiger partial charge in [0.25, 0.3) is 0 Å². The predicted octanol–water partition coefficient (Wildman–Crippen LogP) is 5.38. The third-order valence-corrected chi connectivity index (χ3v) is 8.43. The van der Waals surface area contributed by atoms with Crippen molar-refractivity contribution in [3.05, 3.63) is 95.1 Å². The molecule has 5 rings (SSSR count). The number of benzene rings is 3. The Morgan fingerprint density at radius 1 is 1.02 bits per heavy atom. The Bertz CT molecular complexity index is 1280. The standard InChI is InChI=1S/C34H42N2O5/c1-23-32(20-36-18-6-8-30(36)22-39-3)40-34(41-33(23)27-12-10-25(21-37)11-13-27)28-16-14-26(15-17-28)31-9-5-4-7-29(31)19-35-24(2)38/h4-5,7,9-17,23,30,32-34,37H,6,8,18-22H2,1-3H3,(H,35,38)/t23-,30+,32+,33+,34+/m1/s1. The number of hydrogen-bond acceptors (Lipinski definition) is 6. The summed E-state index contributed by atoms with van der Waals surface area (Å²) in [6.07, 6.45) is 1.64. The van der Waals surface area contributed by atoms with E-state index in [-0.39, 0.29) is 30.6 Å². The molecule has 2 N–H and O–H groups in total. The van der Waals surface area contributed by atoms with Crippen LogP contribution in [0, 0.1) is 5.92 Å². The largest absolute Gasteiger partial charge is 0.392 e. The minimum Gasteiger partial charge on any atom is -0.392 e. The normalized spacial score (nSPS) is 24.8. The van der Waals surface area contributed by atoms with E-state index in [0.717, 1.165) is 59.5 Å². The van der Waals surface area contributed by atoms with E-state index in [1.54, 1.807) is 7.11 Å². The van der Waals surface area contributed by atoms with Crippen molar-refractivity contribution < 1.29 is 24.1 Å². The van der Waals surface area contributed by atoms with E-state index in [4.69, 9.17) is 14.2 Å². The van der Waals surface area contributed by atoms with E-state index in [1.807, 2.05) is 30.3 Å². The van der Waals surface area contributed by atoms with Crippen molar-refractivity contribution in [2.24, 2.45) is 5.92 Å². The molecule has 0 aliphatic carbocycles. The summed E-state index contributed by atoms with van der Waals surface area (Å²) in [6, 6.07) is 25.0. The van der Waals surface area contributed by atoms with E-state index in [1.165, 1.54) is 13.3 Å². The number of methoxy groups -OCH3 is 1. The number of carbonyl (C=O) groups excluding carboxylic acids is 1. The number of carbonyl (C=O) groups is 1. The number of ether oxygens (including phenoxy) is 3. The van der Waals surface area contributed by atoms with Gasteiger partial charge in [0.1, 0.15) is 0 Å². The average molecular weight is 559 g/mol. The van der Waals surface area contributed by atoms with Gasteiger partial charge in [-0.2, -0.15) is 0 Å². The molecule has 5 atom stereocenters. The molecule has 0 aromatic heterocycles. The van der Waals surface area contributed by atoms with Crippen molar-refractivity contribution >= 4 is 5.91 Å². The summed E-state index contributed by atoms with van der Waals surface area (Å²) < 4.78 is 18.9. The Kier molecular flexibility index (Phi) is 9.85.